The maximum Gasteiger partial charge on any atom is 0.144 e. The van der Waals surface area contributed by atoms with Gasteiger partial charge in [0, 0.05) is 5.92 Å². The molecule has 1 aliphatic carbocycles. The summed E-state index contributed by atoms with van der Waals surface area (Å²) in [5.74, 6) is 0.387. The van der Waals surface area contributed by atoms with Gasteiger partial charge in [-0.2, -0.15) is 10.5 Å². The lowest BCUT2D eigenvalue weighted by Crippen LogP contribution is -2.36. The van der Waals surface area contributed by atoms with Gasteiger partial charge in [0.05, 0.1) is 24.2 Å². The summed E-state index contributed by atoms with van der Waals surface area (Å²) in [6.45, 7) is 0. The molecule has 0 spiro atoms. The second-order valence-electron chi connectivity index (χ2n) is 3.89. The first-order valence-electron chi connectivity index (χ1n) is 4.96. The molecule has 14 heavy (non-hydrogen) atoms. The molecular formula is C11H12N2O. The molecule has 0 saturated carbocycles. The Bertz CT molecular complexity index is 323. The van der Waals surface area contributed by atoms with E-state index in [0.29, 0.717) is 5.92 Å². The fourth-order valence-corrected chi connectivity index (χ4v) is 2.16. The van der Waals surface area contributed by atoms with Crippen molar-refractivity contribution in [2.24, 2.45) is 11.8 Å². The minimum Gasteiger partial charge on any atom is -0.359 e. The highest BCUT2D eigenvalue weighted by atomic mass is 16.5. The molecule has 72 valence electrons. The first kappa shape index (κ1) is 9.24. The number of fused-ring (bicyclic) bond motifs is 1. The van der Waals surface area contributed by atoms with Gasteiger partial charge < -0.3 is 4.74 Å². The number of hydrogen-bond donors (Lipinski definition) is 0. The number of ether oxygens (including phenoxy) is 1. The topological polar surface area (TPSA) is 56.8 Å². The van der Waals surface area contributed by atoms with Crippen LogP contribution >= 0.6 is 0 Å². The molecule has 0 aromatic carbocycles. The smallest absolute Gasteiger partial charge is 0.144 e. The third kappa shape index (κ3) is 1.64. The molecule has 0 bridgehead atoms. The lowest BCUT2D eigenvalue weighted by molar-refractivity contribution is -0.0551. The van der Waals surface area contributed by atoms with Gasteiger partial charge in [0.2, 0.25) is 0 Å². The average molecular weight is 188 g/mol. The Kier molecular flexibility index (Phi) is 2.52. The zero-order valence-corrected chi connectivity index (χ0v) is 7.89. The minimum absolute atomic E-state index is 0.0336. The van der Waals surface area contributed by atoms with Crippen LogP contribution in [-0.2, 0) is 4.74 Å². The van der Waals surface area contributed by atoms with Gasteiger partial charge >= 0.3 is 0 Å². The van der Waals surface area contributed by atoms with E-state index in [9.17, 15) is 0 Å². The summed E-state index contributed by atoms with van der Waals surface area (Å²) in [7, 11) is 0. The van der Waals surface area contributed by atoms with Crippen LogP contribution in [-0.4, -0.2) is 12.2 Å². The normalized spacial score (nSPS) is 40.7. The predicted octanol–water partition coefficient (Wildman–Crippen LogP) is 1.77. The van der Waals surface area contributed by atoms with E-state index >= 15 is 0 Å². The van der Waals surface area contributed by atoms with Crippen LogP contribution in [0.2, 0.25) is 0 Å². The van der Waals surface area contributed by atoms with E-state index in [0.717, 1.165) is 19.3 Å². The van der Waals surface area contributed by atoms with Crippen LogP contribution in [0.5, 0.6) is 0 Å². The van der Waals surface area contributed by atoms with Crippen molar-refractivity contribution in [2.45, 2.75) is 31.5 Å². The Balaban J connectivity index is 2.06. The van der Waals surface area contributed by atoms with Crippen molar-refractivity contribution in [1.82, 2.24) is 0 Å². The van der Waals surface area contributed by atoms with Gasteiger partial charge in [-0.05, 0) is 19.3 Å². The van der Waals surface area contributed by atoms with E-state index in [1.807, 2.05) is 6.08 Å². The van der Waals surface area contributed by atoms with Crippen molar-refractivity contribution in [3.8, 4) is 12.1 Å². The SMILES string of the molecule is N#C[C@@H]1C=C[C@@H]2CC[C@@H](C#N)O[C@@H]2C1. The highest BCUT2D eigenvalue weighted by molar-refractivity contribution is 5.11. The fraction of sp³-hybridized carbons (Fsp3) is 0.636. The summed E-state index contributed by atoms with van der Waals surface area (Å²) in [6.07, 6.45) is 6.45. The molecule has 0 unspecified atom stereocenters. The Morgan fingerprint density at radius 1 is 1.14 bits per heavy atom. The molecule has 3 heteroatoms. The van der Waals surface area contributed by atoms with Gasteiger partial charge in [0.1, 0.15) is 6.10 Å². The number of rotatable bonds is 0. The van der Waals surface area contributed by atoms with Crippen LogP contribution < -0.4 is 0 Å². The second kappa shape index (κ2) is 3.82. The molecular weight excluding hydrogens is 176 g/mol. The molecule has 0 N–H and O–H groups in total. The standard InChI is InChI=1S/C11H12N2O/c12-6-8-1-2-9-3-4-10(7-13)14-11(9)5-8/h1-2,8-11H,3-5H2/t8-,9-,10+,11-/m1/s1. The zero-order chi connectivity index (χ0) is 9.97. The number of nitrogens with zero attached hydrogens (tertiary/aromatic N) is 2. The van der Waals surface area contributed by atoms with Gasteiger partial charge in [-0.1, -0.05) is 12.2 Å². The number of nitriles is 2. The molecule has 1 aliphatic heterocycles. The highest BCUT2D eigenvalue weighted by Gasteiger charge is 2.33. The molecule has 1 heterocycles. The predicted molar refractivity (Wildman–Crippen MR) is 49.9 cm³/mol. The largest absolute Gasteiger partial charge is 0.359 e. The molecule has 0 aromatic heterocycles. The van der Waals surface area contributed by atoms with Crippen molar-refractivity contribution in [1.29, 1.82) is 10.5 Å². The Morgan fingerprint density at radius 3 is 2.71 bits per heavy atom. The molecule has 0 aromatic rings. The minimum atomic E-state index is -0.262. The van der Waals surface area contributed by atoms with E-state index in [1.165, 1.54) is 0 Å². The summed E-state index contributed by atoms with van der Waals surface area (Å²) in [5.41, 5.74) is 0. The summed E-state index contributed by atoms with van der Waals surface area (Å²) >= 11 is 0. The van der Waals surface area contributed by atoms with Gasteiger partial charge in [-0.25, -0.2) is 0 Å². The van der Waals surface area contributed by atoms with E-state index in [-0.39, 0.29) is 18.1 Å². The molecule has 3 nitrogen and oxygen atoms in total. The van der Waals surface area contributed by atoms with Crippen LogP contribution in [0.15, 0.2) is 12.2 Å². The van der Waals surface area contributed by atoms with Gasteiger partial charge in [0.15, 0.2) is 0 Å². The summed E-state index contributed by atoms with van der Waals surface area (Å²) in [6, 6.07) is 4.36. The van der Waals surface area contributed by atoms with Crippen molar-refractivity contribution >= 4 is 0 Å². The summed E-state index contributed by atoms with van der Waals surface area (Å²) < 4.78 is 5.61. The van der Waals surface area contributed by atoms with Gasteiger partial charge in [-0.3, -0.25) is 0 Å². The zero-order valence-electron chi connectivity index (χ0n) is 7.89. The maximum atomic E-state index is 8.78. The van der Waals surface area contributed by atoms with E-state index < -0.39 is 0 Å². The first-order valence-corrected chi connectivity index (χ1v) is 4.96. The Morgan fingerprint density at radius 2 is 2.00 bits per heavy atom. The second-order valence-corrected chi connectivity index (χ2v) is 3.89. The van der Waals surface area contributed by atoms with E-state index in [1.54, 1.807) is 0 Å². The number of allylic oxidation sites excluding steroid dienone is 1. The quantitative estimate of drug-likeness (QED) is 0.544. The third-order valence-electron chi connectivity index (χ3n) is 2.97. The van der Waals surface area contributed by atoms with Crippen molar-refractivity contribution in [2.75, 3.05) is 0 Å². The van der Waals surface area contributed by atoms with Crippen molar-refractivity contribution in [3.05, 3.63) is 12.2 Å². The van der Waals surface area contributed by atoms with Crippen LogP contribution in [0.25, 0.3) is 0 Å². The lowest BCUT2D eigenvalue weighted by atomic mass is 9.81. The summed E-state index contributed by atoms with van der Waals surface area (Å²) in [4.78, 5) is 0. The Labute approximate surface area is 83.6 Å². The average Bonchev–Trinajstić information content (AvgIpc) is 2.27. The molecule has 1 saturated heterocycles. The van der Waals surface area contributed by atoms with Crippen LogP contribution in [0.3, 0.4) is 0 Å². The monoisotopic (exact) mass is 188 g/mol. The molecule has 1 fully saturated rings. The van der Waals surface area contributed by atoms with Gasteiger partial charge in [-0.15, -0.1) is 0 Å². The molecule has 0 amide bonds. The fourth-order valence-electron chi connectivity index (χ4n) is 2.16. The van der Waals surface area contributed by atoms with Crippen LogP contribution in [0.1, 0.15) is 19.3 Å². The van der Waals surface area contributed by atoms with Gasteiger partial charge in [0.25, 0.3) is 0 Å². The molecule has 2 rings (SSSR count). The summed E-state index contributed by atoms with van der Waals surface area (Å²) in [5, 5.41) is 17.5. The maximum absolute atomic E-state index is 8.78. The first-order chi connectivity index (χ1) is 6.83. The third-order valence-corrected chi connectivity index (χ3v) is 2.97. The van der Waals surface area contributed by atoms with Crippen LogP contribution in [0, 0.1) is 34.5 Å². The molecule has 4 atom stereocenters. The van der Waals surface area contributed by atoms with E-state index in [2.05, 4.69) is 18.2 Å². The van der Waals surface area contributed by atoms with Crippen molar-refractivity contribution < 1.29 is 4.74 Å². The van der Waals surface area contributed by atoms with Crippen LogP contribution in [0.4, 0.5) is 0 Å². The molecule has 0 radical (unpaired) electrons. The number of hydrogen-bond acceptors (Lipinski definition) is 3. The van der Waals surface area contributed by atoms with Crippen molar-refractivity contribution in [3.63, 3.8) is 0 Å². The molecule has 2 aliphatic rings. The highest BCUT2D eigenvalue weighted by Crippen LogP contribution is 2.33. The lowest BCUT2D eigenvalue weighted by Gasteiger charge is -2.35. The van der Waals surface area contributed by atoms with E-state index in [4.69, 9.17) is 15.3 Å². The Hall–Kier alpha value is -1.32.